The van der Waals surface area contributed by atoms with Crippen molar-refractivity contribution in [3.63, 3.8) is 0 Å². The summed E-state index contributed by atoms with van der Waals surface area (Å²) >= 11 is 0. The molecule has 0 aliphatic rings. The first-order valence-corrected chi connectivity index (χ1v) is 6.72. The number of hydrogen-bond acceptors (Lipinski definition) is 4. The number of aromatic nitrogens is 2. The molecule has 1 heterocycles. The number of rotatable bonds is 6. The van der Waals surface area contributed by atoms with Crippen molar-refractivity contribution in [2.45, 2.75) is 27.3 Å². The van der Waals surface area contributed by atoms with Gasteiger partial charge in [-0.2, -0.15) is 0 Å². The molecule has 0 aromatic carbocycles. The quantitative estimate of drug-likeness (QED) is 0.646. The highest BCUT2D eigenvalue weighted by molar-refractivity contribution is 5.96. The first kappa shape index (κ1) is 18.6. The Labute approximate surface area is 126 Å². The third-order valence-electron chi connectivity index (χ3n) is 2.32. The Morgan fingerprint density at radius 1 is 1.43 bits per heavy atom. The Balaban J connectivity index is 0.00000191. The van der Waals surface area contributed by atoms with E-state index in [4.69, 9.17) is 4.74 Å². The number of allylic oxidation sites excluding steroid dienone is 2. The van der Waals surface area contributed by atoms with E-state index in [1.807, 2.05) is 20.8 Å². The van der Waals surface area contributed by atoms with Crippen LogP contribution in [0.5, 0.6) is 5.88 Å². The fourth-order valence-corrected chi connectivity index (χ4v) is 1.39. The number of carbonyl (C=O) groups is 1. The first-order valence-electron chi connectivity index (χ1n) is 6.72. The molecule has 0 aliphatic carbocycles. The second-order valence-electron chi connectivity index (χ2n) is 3.71. The molecule has 0 atom stereocenters. The van der Waals surface area contributed by atoms with Gasteiger partial charge in [0.25, 0.3) is 5.91 Å². The molecule has 0 saturated carbocycles. The summed E-state index contributed by atoms with van der Waals surface area (Å²) < 4.78 is 5.12. The predicted molar refractivity (Wildman–Crippen MR) is 85.0 cm³/mol. The van der Waals surface area contributed by atoms with Crippen molar-refractivity contribution in [3.05, 3.63) is 54.5 Å². The van der Waals surface area contributed by atoms with Crippen molar-refractivity contribution in [2.24, 2.45) is 0 Å². The lowest BCUT2D eigenvalue weighted by molar-refractivity contribution is -0.117. The van der Waals surface area contributed by atoms with Crippen molar-refractivity contribution in [2.75, 3.05) is 7.11 Å². The van der Waals surface area contributed by atoms with Gasteiger partial charge >= 0.3 is 0 Å². The molecule has 5 nitrogen and oxygen atoms in total. The number of aryl methyl sites for hydroxylation is 1. The summed E-state index contributed by atoms with van der Waals surface area (Å²) in [5.41, 5.74) is 1.77. The molecule has 1 rings (SSSR count). The summed E-state index contributed by atoms with van der Waals surface area (Å²) in [6, 6.07) is 0. The molecule has 0 fully saturated rings. The molecule has 1 aromatic heterocycles. The van der Waals surface area contributed by atoms with Gasteiger partial charge in [-0.1, -0.05) is 45.2 Å². The van der Waals surface area contributed by atoms with Crippen LogP contribution in [0.3, 0.4) is 0 Å². The summed E-state index contributed by atoms with van der Waals surface area (Å²) in [6.45, 7) is 13.2. The number of nitrogens with one attached hydrogen (secondary N) is 1. The van der Waals surface area contributed by atoms with E-state index in [9.17, 15) is 4.79 Å². The van der Waals surface area contributed by atoms with Crippen LogP contribution >= 0.6 is 0 Å². The minimum Gasteiger partial charge on any atom is -0.480 e. The Hall–Kier alpha value is -2.43. The van der Waals surface area contributed by atoms with E-state index in [2.05, 4.69) is 28.4 Å². The van der Waals surface area contributed by atoms with Crippen LogP contribution in [0.25, 0.3) is 0 Å². The second kappa shape index (κ2) is 10.4. The van der Waals surface area contributed by atoms with Gasteiger partial charge in [-0.25, -0.2) is 4.98 Å². The maximum atomic E-state index is 11.8. The van der Waals surface area contributed by atoms with Gasteiger partial charge in [-0.3, -0.25) is 9.78 Å². The van der Waals surface area contributed by atoms with Crippen molar-refractivity contribution in [1.29, 1.82) is 0 Å². The van der Waals surface area contributed by atoms with Crippen LogP contribution < -0.4 is 10.1 Å². The van der Waals surface area contributed by atoms with E-state index in [0.29, 0.717) is 17.1 Å². The number of amides is 1. The van der Waals surface area contributed by atoms with Crippen molar-refractivity contribution in [1.82, 2.24) is 15.3 Å². The van der Waals surface area contributed by atoms with Gasteiger partial charge in [0, 0.05) is 11.8 Å². The second-order valence-corrected chi connectivity index (χ2v) is 3.71. The zero-order valence-electron chi connectivity index (χ0n) is 13.1. The van der Waals surface area contributed by atoms with E-state index < -0.39 is 0 Å². The molecule has 5 heteroatoms. The SMILES string of the molecule is C=C/C=C(\C=C)C(=O)NCc1ncc(C)nc1OC.CC. The molecule has 0 spiro atoms. The van der Waals surface area contributed by atoms with Gasteiger partial charge in [-0.05, 0) is 6.92 Å². The van der Waals surface area contributed by atoms with E-state index in [1.54, 1.807) is 12.3 Å². The van der Waals surface area contributed by atoms with Crippen molar-refractivity contribution in [3.8, 4) is 5.88 Å². The minimum absolute atomic E-state index is 0.234. The van der Waals surface area contributed by atoms with Gasteiger partial charge in [0.05, 0.1) is 19.3 Å². The molecule has 0 radical (unpaired) electrons. The standard InChI is InChI=1S/C14H17N3O2.C2H6/c1-5-7-11(6-2)13(18)16-9-12-14(19-4)17-10(3)8-15-12;1-2/h5-8H,1-2,9H2,3-4H3,(H,16,18);1-2H3/b11-7+;. The smallest absolute Gasteiger partial charge is 0.251 e. The Morgan fingerprint density at radius 2 is 2.10 bits per heavy atom. The summed E-state index contributed by atoms with van der Waals surface area (Å²) in [7, 11) is 1.52. The number of methoxy groups -OCH3 is 1. The number of ether oxygens (including phenoxy) is 1. The zero-order valence-corrected chi connectivity index (χ0v) is 13.1. The summed E-state index contributed by atoms with van der Waals surface area (Å²) in [4.78, 5) is 20.2. The van der Waals surface area contributed by atoms with E-state index in [-0.39, 0.29) is 12.5 Å². The molecule has 114 valence electrons. The topological polar surface area (TPSA) is 64.1 Å². The molecule has 1 N–H and O–H groups in total. The highest BCUT2D eigenvalue weighted by atomic mass is 16.5. The van der Waals surface area contributed by atoms with Gasteiger partial charge in [0.2, 0.25) is 5.88 Å². The van der Waals surface area contributed by atoms with Crippen LogP contribution in [-0.4, -0.2) is 23.0 Å². The first-order chi connectivity index (χ1) is 10.1. The molecule has 1 amide bonds. The van der Waals surface area contributed by atoms with Crippen LogP contribution in [0.15, 0.2) is 43.2 Å². The molecule has 0 bridgehead atoms. The van der Waals surface area contributed by atoms with Gasteiger partial charge in [0.15, 0.2) is 0 Å². The predicted octanol–water partition coefficient (Wildman–Crippen LogP) is 2.73. The van der Waals surface area contributed by atoms with E-state index >= 15 is 0 Å². The van der Waals surface area contributed by atoms with Gasteiger partial charge in [-0.15, -0.1) is 0 Å². The third kappa shape index (κ3) is 6.03. The van der Waals surface area contributed by atoms with Crippen LogP contribution in [0.4, 0.5) is 0 Å². The van der Waals surface area contributed by atoms with E-state index in [0.717, 1.165) is 5.69 Å². The van der Waals surface area contributed by atoms with Crippen LogP contribution in [0, 0.1) is 6.92 Å². The molecular formula is C16H23N3O2. The molecular weight excluding hydrogens is 266 g/mol. The number of hydrogen-bond donors (Lipinski definition) is 1. The third-order valence-corrected chi connectivity index (χ3v) is 2.32. The number of carbonyl (C=O) groups excluding carboxylic acids is 1. The lowest BCUT2D eigenvalue weighted by atomic mass is 10.2. The average Bonchev–Trinajstić information content (AvgIpc) is 2.52. The molecule has 21 heavy (non-hydrogen) atoms. The lowest BCUT2D eigenvalue weighted by Gasteiger charge is -2.08. The zero-order chi connectivity index (χ0) is 16.3. The molecule has 0 unspecified atom stereocenters. The lowest BCUT2D eigenvalue weighted by Crippen LogP contribution is -2.24. The maximum Gasteiger partial charge on any atom is 0.251 e. The van der Waals surface area contributed by atoms with Crippen LogP contribution in [0.1, 0.15) is 25.2 Å². The van der Waals surface area contributed by atoms with Gasteiger partial charge < -0.3 is 10.1 Å². The van der Waals surface area contributed by atoms with Crippen molar-refractivity contribution >= 4 is 5.91 Å². The fourth-order valence-electron chi connectivity index (χ4n) is 1.39. The highest BCUT2D eigenvalue weighted by Crippen LogP contribution is 2.12. The van der Waals surface area contributed by atoms with Crippen LogP contribution in [0.2, 0.25) is 0 Å². The van der Waals surface area contributed by atoms with Crippen LogP contribution in [-0.2, 0) is 11.3 Å². The Kier molecular flexibility index (Phi) is 9.17. The maximum absolute atomic E-state index is 11.8. The van der Waals surface area contributed by atoms with E-state index in [1.165, 1.54) is 19.3 Å². The van der Waals surface area contributed by atoms with Gasteiger partial charge in [0.1, 0.15) is 5.69 Å². The highest BCUT2D eigenvalue weighted by Gasteiger charge is 2.10. The molecule has 0 aliphatic heterocycles. The number of nitrogens with zero attached hydrogens (tertiary/aromatic N) is 2. The fraction of sp³-hybridized carbons (Fsp3) is 0.312. The summed E-state index contributed by atoms with van der Waals surface area (Å²) in [5, 5.41) is 2.72. The Bertz CT molecular complexity index is 522. The molecule has 1 aromatic rings. The monoisotopic (exact) mass is 289 g/mol. The van der Waals surface area contributed by atoms with Crippen molar-refractivity contribution < 1.29 is 9.53 Å². The summed E-state index contributed by atoms with van der Waals surface area (Å²) in [5.74, 6) is 0.160. The minimum atomic E-state index is -0.251. The normalized spacial score (nSPS) is 10.0. The largest absolute Gasteiger partial charge is 0.480 e. The Morgan fingerprint density at radius 3 is 2.62 bits per heavy atom. The summed E-state index contributed by atoms with van der Waals surface area (Å²) in [6.07, 6.45) is 6.20. The average molecular weight is 289 g/mol. The molecule has 0 saturated heterocycles.